The maximum atomic E-state index is 13.5. The second-order valence-electron chi connectivity index (χ2n) is 5.84. The topological polar surface area (TPSA) is 88.8 Å². The molecule has 0 radical (unpaired) electrons. The van der Waals surface area contributed by atoms with Crippen LogP contribution in [0.4, 0.5) is 13.2 Å². The van der Waals surface area contributed by atoms with Crippen LogP contribution in [-0.4, -0.2) is 18.4 Å². The molecule has 5 nitrogen and oxygen atoms in total. The molecule has 27 heavy (non-hydrogen) atoms. The largest absolute Gasteiger partial charge is 0.433 e. The number of nitrogens with one attached hydrogen (secondary N) is 1. The molecule has 1 heterocycles. The summed E-state index contributed by atoms with van der Waals surface area (Å²) < 4.78 is 63.0. The predicted octanol–water partition coefficient (Wildman–Crippen LogP) is 4.37. The Kier molecular flexibility index (Phi) is 4.79. The predicted molar refractivity (Wildman–Crippen MR) is 95.6 cm³/mol. The van der Waals surface area contributed by atoms with Crippen LogP contribution >= 0.6 is 11.6 Å². The molecule has 1 aromatic heterocycles. The first-order valence-corrected chi connectivity index (χ1v) is 9.46. The van der Waals surface area contributed by atoms with Crippen LogP contribution in [0.3, 0.4) is 0 Å². The van der Waals surface area contributed by atoms with E-state index in [-0.39, 0.29) is 22.0 Å². The van der Waals surface area contributed by atoms with Gasteiger partial charge in [0, 0.05) is 16.1 Å². The Hall–Kier alpha value is -2.36. The number of hydrogen-bond acceptors (Lipinski definition) is 3. The van der Waals surface area contributed by atoms with Crippen LogP contribution in [-0.2, 0) is 16.2 Å². The molecule has 0 atom stereocenters. The number of sulfonamides is 1. The average molecular weight is 416 g/mol. The lowest BCUT2D eigenvalue weighted by atomic mass is 10.1. The molecular weight excluding hydrogens is 403 g/mol. The third-order valence-corrected chi connectivity index (χ3v) is 5.23. The molecule has 0 spiro atoms. The molecule has 0 aliphatic heterocycles. The van der Waals surface area contributed by atoms with Crippen molar-refractivity contribution in [3.63, 3.8) is 0 Å². The number of imidazole rings is 1. The standard InChI is InChI=1S/C17H13ClF3N3O2S/c1-9-2-3-11(8-13(9)18)16-23-14(15(24-16)17(19,20)21)10-4-6-12(7-5-10)27(22,25)26/h2-8H,1H3,(H,23,24)(H2,22,25,26). The van der Waals surface area contributed by atoms with Crippen molar-refractivity contribution in [2.24, 2.45) is 5.14 Å². The molecule has 2 aromatic carbocycles. The van der Waals surface area contributed by atoms with Gasteiger partial charge in [-0.3, -0.25) is 0 Å². The Labute approximate surface area is 158 Å². The van der Waals surface area contributed by atoms with E-state index in [1.54, 1.807) is 19.1 Å². The van der Waals surface area contributed by atoms with E-state index in [0.29, 0.717) is 10.6 Å². The van der Waals surface area contributed by atoms with Crippen LogP contribution < -0.4 is 5.14 Å². The Balaban J connectivity index is 2.14. The lowest BCUT2D eigenvalue weighted by Gasteiger charge is -2.07. The Morgan fingerprint density at radius 3 is 2.19 bits per heavy atom. The zero-order valence-electron chi connectivity index (χ0n) is 13.8. The number of aromatic amines is 1. The molecule has 3 N–H and O–H groups in total. The number of nitrogens with zero attached hydrogens (tertiary/aromatic N) is 1. The van der Waals surface area contributed by atoms with Gasteiger partial charge in [0.15, 0.2) is 0 Å². The van der Waals surface area contributed by atoms with Crippen molar-refractivity contribution in [1.29, 1.82) is 0 Å². The summed E-state index contributed by atoms with van der Waals surface area (Å²) in [5.41, 5.74) is -0.131. The third-order valence-electron chi connectivity index (χ3n) is 3.89. The normalized spacial score (nSPS) is 12.4. The number of rotatable bonds is 3. The molecule has 0 unspecified atom stereocenters. The zero-order valence-corrected chi connectivity index (χ0v) is 15.4. The van der Waals surface area contributed by atoms with Gasteiger partial charge in [0.25, 0.3) is 0 Å². The Bertz CT molecular complexity index is 1110. The second kappa shape index (κ2) is 6.66. The number of halogens is 4. The number of aromatic nitrogens is 2. The minimum atomic E-state index is -4.69. The van der Waals surface area contributed by atoms with E-state index >= 15 is 0 Å². The zero-order chi connectivity index (χ0) is 20.0. The molecule has 0 bridgehead atoms. The van der Waals surface area contributed by atoms with Gasteiger partial charge in [0.05, 0.1) is 4.90 Å². The fourth-order valence-electron chi connectivity index (χ4n) is 2.47. The monoisotopic (exact) mass is 415 g/mol. The van der Waals surface area contributed by atoms with E-state index in [0.717, 1.165) is 17.7 Å². The number of benzene rings is 2. The summed E-state index contributed by atoms with van der Waals surface area (Å²) in [6.45, 7) is 1.77. The van der Waals surface area contributed by atoms with Gasteiger partial charge < -0.3 is 4.98 Å². The molecule has 0 saturated heterocycles. The first kappa shape index (κ1) is 19.4. The van der Waals surface area contributed by atoms with E-state index in [9.17, 15) is 21.6 Å². The molecule has 3 rings (SSSR count). The van der Waals surface area contributed by atoms with Crippen molar-refractivity contribution in [3.8, 4) is 22.6 Å². The van der Waals surface area contributed by atoms with Gasteiger partial charge in [0.2, 0.25) is 10.0 Å². The van der Waals surface area contributed by atoms with Crippen LogP contribution in [0.1, 0.15) is 11.3 Å². The molecule has 0 aliphatic carbocycles. The summed E-state index contributed by atoms with van der Waals surface area (Å²) in [4.78, 5) is 6.15. The van der Waals surface area contributed by atoms with Crippen LogP contribution in [0.5, 0.6) is 0 Å². The summed E-state index contributed by atoms with van der Waals surface area (Å²) in [7, 11) is -3.95. The molecule has 0 aliphatic rings. The van der Waals surface area contributed by atoms with Gasteiger partial charge >= 0.3 is 6.18 Å². The molecule has 0 saturated carbocycles. The number of H-pyrrole nitrogens is 1. The lowest BCUT2D eigenvalue weighted by molar-refractivity contribution is -0.140. The number of aryl methyl sites for hydroxylation is 1. The van der Waals surface area contributed by atoms with Crippen molar-refractivity contribution >= 4 is 21.6 Å². The summed E-state index contributed by atoms with van der Waals surface area (Å²) >= 11 is 6.04. The third kappa shape index (κ3) is 4.00. The van der Waals surface area contributed by atoms with Gasteiger partial charge in [-0.1, -0.05) is 35.9 Å². The van der Waals surface area contributed by atoms with Crippen LogP contribution in [0.15, 0.2) is 47.4 Å². The Morgan fingerprint density at radius 1 is 1.07 bits per heavy atom. The SMILES string of the molecule is Cc1ccc(-c2nc(-c3ccc(S(N)(=O)=O)cc3)c(C(F)(F)F)[nH]2)cc1Cl. The fourth-order valence-corrected chi connectivity index (χ4v) is 3.16. The van der Waals surface area contributed by atoms with Gasteiger partial charge in [-0.15, -0.1) is 0 Å². The number of primary sulfonamides is 1. The van der Waals surface area contributed by atoms with E-state index < -0.39 is 21.9 Å². The van der Waals surface area contributed by atoms with E-state index in [2.05, 4.69) is 9.97 Å². The van der Waals surface area contributed by atoms with E-state index in [1.807, 2.05) is 0 Å². The average Bonchev–Trinajstić information content (AvgIpc) is 3.02. The summed E-state index contributed by atoms with van der Waals surface area (Å²) in [5, 5.41) is 5.41. The lowest BCUT2D eigenvalue weighted by Crippen LogP contribution is -2.12. The molecule has 3 aromatic rings. The maximum Gasteiger partial charge on any atom is 0.433 e. The quantitative estimate of drug-likeness (QED) is 0.665. The van der Waals surface area contributed by atoms with Gasteiger partial charge in [0.1, 0.15) is 17.2 Å². The highest BCUT2D eigenvalue weighted by molar-refractivity contribution is 7.89. The first-order chi connectivity index (χ1) is 12.5. The van der Waals surface area contributed by atoms with E-state index in [1.165, 1.54) is 18.2 Å². The van der Waals surface area contributed by atoms with Crippen LogP contribution in [0.2, 0.25) is 5.02 Å². The van der Waals surface area contributed by atoms with Gasteiger partial charge in [-0.05, 0) is 30.7 Å². The smallest absolute Gasteiger partial charge is 0.334 e. The molecule has 0 amide bonds. The number of alkyl halides is 3. The first-order valence-electron chi connectivity index (χ1n) is 7.54. The van der Waals surface area contributed by atoms with Crippen molar-refractivity contribution in [2.75, 3.05) is 0 Å². The maximum absolute atomic E-state index is 13.5. The summed E-state index contributed by atoms with van der Waals surface area (Å²) in [6, 6.07) is 9.49. The summed E-state index contributed by atoms with van der Waals surface area (Å²) in [5.74, 6) is -0.00486. The van der Waals surface area contributed by atoms with Crippen molar-refractivity contribution < 1.29 is 21.6 Å². The van der Waals surface area contributed by atoms with Gasteiger partial charge in [-0.25, -0.2) is 18.5 Å². The second-order valence-corrected chi connectivity index (χ2v) is 7.81. The van der Waals surface area contributed by atoms with Crippen molar-refractivity contribution in [2.45, 2.75) is 18.0 Å². The number of nitrogens with two attached hydrogens (primary N) is 1. The van der Waals surface area contributed by atoms with Crippen molar-refractivity contribution in [3.05, 3.63) is 58.7 Å². The highest BCUT2D eigenvalue weighted by Crippen LogP contribution is 2.37. The molecular formula is C17H13ClF3N3O2S. The number of hydrogen-bond donors (Lipinski definition) is 2. The van der Waals surface area contributed by atoms with Crippen LogP contribution in [0.25, 0.3) is 22.6 Å². The minimum Gasteiger partial charge on any atom is -0.334 e. The van der Waals surface area contributed by atoms with Crippen LogP contribution in [0, 0.1) is 6.92 Å². The molecule has 142 valence electrons. The highest BCUT2D eigenvalue weighted by atomic mass is 35.5. The fraction of sp³-hybridized carbons (Fsp3) is 0.118. The molecule has 10 heteroatoms. The van der Waals surface area contributed by atoms with Crippen molar-refractivity contribution in [1.82, 2.24) is 9.97 Å². The van der Waals surface area contributed by atoms with Gasteiger partial charge in [-0.2, -0.15) is 13.2 Å². The minimum absolute atomic E-state index is 0.00486. The van der Waals surface area contributed by atoms with E-state index in [4.69, 9.17) is 16.7 Å². The summed E-state index contributed by atoms with van der Waals surface area (Å²) in [6.07, 6.45) is -4.69. The highest BCUT2D eigenvalue weighted by Gasteiger charge is 2.37. The molecule has 0 fully saturated rings. The Morgan fingerprint density at radius 2 is 1.67 bits per heavy atom.